The molecule has 5 aliphatic carbocycles. The van der Waals surface area contributed by atoms with Gasteiger partial charge in [0, 0.05) is 94.5 Å². The second-order valence-corrected chi connectivity index (χ2v) is 31.6. The Morgan fingerprint density at radius 2 is 0.775 bits per heavy atom. The Morgan fingerprint density at radius 3 is 1.17 bits per heavy atom. The molecule has 0 aromatic heterocycles. The molecule has 102 heavy (non-hydrogen) atoms. The van der Waals surface area contributed by atoms with Gasteiger partial charge in [-0.05, 0) is 25.7 Å². The molecule has 5 saturated carbocycles. The van der Waals surface area contributed by atoms with Gasteiger partial charge in [-0.3, -0.25) is 20.9 Å². The summed E-state index contributed by atoms with van der Waals surface area (Å²) in [6.07, 6.45) is -16.0. The molecule has 25 atom stereocenters. The first kappa shape index (κ1) is 97.3. The standard InChI is InChI=1S/C9H17NO10S2.C8H15NO12S3.C8H15NO9S2.C8H12O8S.C8H12O5.CH4O.4H2O/c1-18-9-3-5(10-21(12,13)14)6(2-7(9)11)20-8(9)4-19-22(15,16)17;10-22(11,12)9-5-1-4-6(21-24(16,17)18)2-7(5)20-8(4)3-19-23(13,14)15;10-6-2-7-5(9-19(11,12)13)1-4(6)8(18-7)3-17-20(14,15)16;9-4-2-5-6(16-17(12,13)14)1-3(4)7(15-5)8(10)11;9-4-2-6-5(10)1-3(4)7(13-6)8(11)12;1-2;;;;/h5-8,10-11H,2-4H2,1H3,(H,12,13,14)(H,15,16,17);4-9H,1-3H2,(H,10,11,12)(H,13,14,15)(H,16,17,18);4-10H,1-3H2,(H,11,12,13)(H,14,15,16);3-7,9H,1-2H2,(H,10,11)(H,12,13,14);3-7,9-10H,1-2H2,(H,11,12);2H,1H3;4*1H2/p-10. The van der Waals surface area contributed by atoms with E-state index in [1.807, 2.05) is 9.44 Å². The lowest BCUT2D eigenvalue weighted by Gasteiger charge is -2.56. The Bertz CT molecular complexity index is 3670. The molecule has 0 amide bonds. The van der Waals surface area contributed by atoms with E-state index in [2.05, 4.69) is 20.9 Å². The lowest BCUT2D eigenvalue weighted by atomic mass is 9.71. The number of hydrogen-bond donors (Lipinski definition) is 9. The van der Waals surface area contributed by atoms with Gasteiger partial charge in [-0.2, -0.15) is 0 Å². The number of carboxylic acid groups (broad SMARTS) is 2. The van der Waals surface area contributed by atoms with Crippen LogP contribution in [0.4, 0.5) is 0 Å². The predicted octanol–water partition coefficient (Wildman–Crippen LogP) is -17.4. The first-order valence-corrected chi connectivity index (χ1v) is 38.9. The second kappa shape index (κ2) is 38.1. The van der Waals surface area contributed by atoms with Crippen molar-refractivity contribution in [1.29, 1.82) is 0 Å². The fourth-order valence-electron chi connectivity index (χ4n) is 13.1. The number of nitrogens with one attached hydrogen (secondary N) is 3. The van der Waals surface area contributed by atoms with E-state index in [1.165, 1.54) is 7.11 Å². The topological polar surface area (TPSA) is 923 Å². The minimum absolute atomic E-state index is 0. The Balaban J connectivity index is 0.000000634. The Kier molecular flexibility index (Phi) is 36.3. The van der Waals surface area contributed by atoms with Crippen molar-refractivity contribution in [2.45, 2.75) is 192 Å². The average molecular weight is 1660 g/mol. The molecule has 15 rings (SSSR count). The Labute approximate surface area is 581 Å². The molecular formula is C42H73N3O49S8-10. The van der Waals surface area contributed by atoms with Gasteiger partial charge in [0.2, 0.25) is 52.0 Å². The Hall–Kier alpha value is -2.74. The fraction of sp³-hybridized carbons (Fsp3) is 0.952. The van der Waals surface area contributed by atoms with Crippen molar-refractivity contribution in [3.8, 4) is 0 Å². The highest BCUT2D eigenvalue weighted by molar-refractivity contribution is 7.84. The SMILES string of the molecule is CO.COC12CC(NS(=O)(=O)[O-])C(CC1O)OC2COS(=O)(=O)[O-].O.O.O.O.O=C([O-])C1OC2CC(O)C1CC2O.O=C([O-])C1OC2CC(O)C1CC2OS(=O)(=O)[O-].O=S(=O)([O-])NC1CC2C(COS(=O)(=O)[O-])OC1CC2OS(=O)(=O)[O-].O=S(=O)([O-])NC1CC2C(O)CC1OC2COS(=O)(=O)[O-]. The zero-order valence-electron chi connectivity index (χ0n) is 51.9. The van der Waals surface area contributed by atoms with Crippen molar-refractivity contribution in [2.24, 2.45) is 23.7 Å². The number of carbonyl (C=O) groups excluding carboxylic acids is 2. The van der Waals surface area contributed by atoms with Gasteiger partial charge in [-0.25, -0.2) is 81.5 Å². The number of carboxylic acids is 2. The summed E-state index contributed by atoms with van der Waals surface area (Å²) >= 11 is 0. The molecule has 10 bridgehead atoms. The lowest BCUT2D eigenvalue weighted by Crippen LogP contribution is -2.72. The molecule has 0 aromatic carbocycles. The Morgan fingerprint density at radius 1 is 0.412 bits per heavy atom. The van der Waals surface area contributed by atoms with Crippen LogP contribution in [0.3, 0.4) is 0 Å². The molecular weight excluding hydrogens is 1590 g/mol. The number of carbonyl (C=O) groups is 2. The largest absolute Gasteiger partial charge is 0.735 e. The van der Waals surface area contributed by atoms with Gasteiger partial charge in [0.25, 0.3) is 0 Å². The number of aliphatic carboxylic acids is 2. The summed E-state index contributed by atoms with van der Waals surface area (Å²) in [5, 5.41) is 76.6. The normalized spacial score (nSPS) is 37.2. The summed E-state index contributed by atoms with van der Waals surface area (Å²) < 4.78 is 312. The van der Waals surface area contributed by atoms with Crippen LogP contribution in [-0.4, -0.2) is 330 Å². The van der Waals surface area contributed by atoms with E-state index in [-0.39, 0.29) is 79.7 Å². The molecule has 0 aromatic rings. The molecule has 25 unspecified atom stereocenters. The van der Waals surface area contributed by atoms with Gasteiger partial charge in [0.05, 0.1) is 111 Å². The van der Waals surface area contributed by atoms with Crippen LogP contribution in [-0.2, 0) is 142 Å². The van der Waals surface area contributed by atoms with E-state index in [0.717, 1.165) is 7.11 Å². The van der Waals surface area contributed by atoms with E-state index in [4.69, 9.17) is 33.5 Å². The highest BCUT2D eigenvalue weighted by atomic mass is 32.3. The van der Waals surface area contributed by atoms with E-state index in [9.17, 15) is 149 Å². The monoisotopic (exact) mass is 1660 g/mol. The first-order chi connectivity index (χ1) is 44.6. The summed E-state index contributed by atoms with van der Waals surface area (Å²) in [6, 6.07) is -2.75. The van der Waals surface area contributed by atoms with Gasteiger partial charge < -0.3 is 137 Å². The maximum Gasteiger partial charge on any atom is 0.217 e. The van der Waals surface area contributed by atoms with Crippen LogP contribution >= 0.6 is 0 Å². The number of ether oxygens (including phenoxy) is 6. The van der Waals surface area contributed by atoms with Gasteiger partial charge in [0.15, 0.2) is 30.9 Å². The van der Waals surface area contributed by atoms with Gasteiger partial charge in [0.1, 0.15) is 30.0 Å². The molecule has 15 aliphatic rings. The second-order valence-electron chi connectivity index (χ2n) is 23.0. The molecule has 0 spiro atoms. The van der Waals surface area contributed by atoms with Crippen molar-refractivity contribution in [1.82, 2.24) is 14.2 Å². The quantitative estimate of drug-likeness (QED) is 0.0359. The molecule has 17 N–H and O–H groups in total. The smallest absolute Gasteiger partial charge is 0.217 e. The van der Waals surface area contributed by atoms with Crippen LogP contribution in [0, 0.1) is 23.7 Å². The predicted molar refractivity (Wildman–Crippen MR) is 302 cm³/mol. The van der Waals surface area contributed by atoms with E-state index in [1.54, 1.807) is 4.72 Å². The molecule has 10 heterocycles. The van der Waals surface area contributed by atoms with Crippen LogP contribution in [0.5, 0.6) is 0 Å². The van der Waals surface area contributed by atoms with Crippen LogP contribution < -0.4 is 24.4 Å². The van der Waals surface area contributed by atoms with Gasteiger partial charge >= 0.3 is 0 Å². The van der Waals surface area contributed by atoms with Crippen molar-refractivity contribution in [2.75, 3.05) is 34.0 Å². The molecule has 60 heteroatoms. The fourth-order valence-corrected chi connectivity index (χ4v) is 16.9. The maximum atomic E-state index is 10.8. The van der Waals surface area contributed by atoms with E-state index >= 15 is 0 Å². The molecule has 10 aliphatic heterocycles. The maximum absolute atomic E-state index is 10.8. The van der Waals surface area contributed by atoms with Crippen LogP contribution in [0.15, 0.2) is 0 Å². The third kappa shape index (κ3) is 29.0. The minimum Gasteiger partial charge on any atom is -0.735 e. The number of fused-ring (bicyclic) bond motifs is 15. The first-order valence-electron chi connectivity index (χ1n) is 28.0. The van der Waals surface area contributed by atoms with E-state index in [0.29, 0.717) is 6.42 Å². The zero-order valence-corrected chi connectivity index (χ0v) is 58.5. The van der Waals surface area contributed by atoms with Crippen molar-refractivity contribution in [3.63, 3.8) is 0 Å². The number of rotatable bonds is 22. The number of hydrogen-bond acceptors (Lipinski definition) is 45. The minimum atomic E-state index is -5.09. The molecule has 608 valence electrons. The van der Waals surface area contributed by atoms with Crippen molar-refractivity contribution < 1.29 is 225 Å². The summed E-state index contributed by atoms with van der Waals surface area (Å²) in [7, 11) is -36.9. The summed E-state index contributed by atoms with van der Waals surface area (Å²) in [4.78, 5) is 21.3. The highest BCUT2D eigenvalue weighted by Gasteiger charge is 2.60. The van der Waals surface area contributed by atoms with Crippen molar-refractivity contribution in [3.05, 3.63) is 0 Å². The third-order valence-electron chi connectivity index (χ3n) is 17.0. The highest BCUT2D eigenvalue weighted by Crippen LogP contribution is 2.46. The molecule has 15 fully saturated rings. The number of aliphatic hydroxyl groups is 6. The molecule has 0 radical (unpaired) electrons. The van der Waals surface area contributed by atoms with Crippen LogP contribution in [0.25, 0.3) is 0 Å². The number of methoxy groups -OCH3 is 1. The molecule has 52 nitrogen and oxygen atoms in total. The lowest BCUT2D eigenvalue weighted by molar-refractivity contribution is -0.334. The van der Waals surface area contributed by atoms with Crippen LogP contribution in [0.1, 0.15) is 64.2 Å². The van der Waals surface area contributed by atoms with Gasteiger partial charge in [-0.15, -0.1) is 0 Å². The summed E-state index contributed by atoms with van der Waals surface area (Å²) in [6.45, 7) is -2.02. The van der Waals surface area contributed by atoms with Crippen LogP contribution in [0.2, 0.25) is 0 Å². The zero-order chi connectivity index (χ0) is 74.6. The summed E-state index contributed by atoms with van der Waals surface area (Å²) in [5.74, 6) is -5.75. The van der Waals surface area contributed by atoms with Gasteiger partial charge in [-0.1, -0.05) is 0 Å². The average Bonchev–Trinajstić information content (AvgIpc) is 0.744. The summed E-state index contributed by atoms with van der Waals surface area (Å²) in [5.41, 5.74) is -1.50. The van der Waals surface area contributed by atoms with E-state index < -0.39 is 266 Å². The van der Waals surface area contributed by atoms with Crippen molar-refractivity contribution >= 4 is 94.8 Å². The molecule has 10 saturated heterocycles. The third-order valence-corrected chi connectivity index (χ3v) is 21.0. The number of aliphatic hydroxyl groups excluding tert-OH is 6.